The zero-order chi connectivity index (χ0) is 11.1. The molecule has 0 unspecified atom stereocenters. The highest BCUT2D eigenvalue weighted by atomic mass is 35.5. The van der Waals surface area contributed by atoms with Gasteiger partial charge >= 0.3 is 0 Å². The Morgan fingerprint density at radius 3 is 2.33 bits per heavy atom. The number of rotatable bonds is 1. The summed E-state index contributed by atoms with van der Waals surface area (Å²) in [6.45, 7) is 1.76. The molecule has 0 radical (unpaired) electrons. The van der Waals surface area contributed by atoms with Crippen molar-refractivity contribution in [1.29, 1.82) is 0 Å². The molecule has 1 saturated heterocycles. The average molecular weight is 224 g/mol. The summed E-state index contributed by atoms with van der Waals surface area (Å²) in [6, 6.07) is 7.00. The predicted octanol–water partition coefficient (Wildman–Crippen LogP) is 1.64. The van der Waals surface area contributed by atoms with Gasteiger partial charge < -0.3 is 0 Å². The molecule has 78 valence electrons. The minimum atomic E-state index is -0.748. The van der Waals surface area contributed by atoms with E-state index in [0.717, 1.165) is 5.56 Å². The first-order valence-electron chi connectivity index (χ1n) is 4.63. The number of amides is 2. The van der Waals surface area contributed by atoms with Crippen molar-refractivity contribution in [3.63, 3.8) is 0 Å². The third kappa shape index (κ3) is 1.63. The summed E-state index contributed by atoms with van der Waals surface area (Å²) in [5.41, 5.74) is 0.0667. The molecule has 2 amide bonds. The van der Waals surface area contributed by atoms with Crippen molar-refractivity contribution >= 4 is 23.4 Å². The lowest BCUT2D eigenvalue weighted by Crippen LogP contribution is -2.32. The molecule has 0 aromatic heterocycles. The van der Waals surface area contributed by atoms with Crippen LogP contribution in [0.5, 0.6) is 0 Å². The summed E-state index contributed by atoms with van der Waals surface area (Å²) in [4.78, 5) is 22.8. The van der Waals surface area contributed by atoms with E-state index in [9.17, 15) is 9.59 Å². The zero-order valence-corrected chi connectivity index (χ0v) is 8.97. The van der Waals surface area contributed by atoms with Crippen LogP contribution in [0.4, 0.5) is 0 Å². The van der Waals surface area contributed by atoms with Crippen LogP contribution in [0, 0.1) is 0 Å². The first kappa shape index (κ1) is 10.2. The Hall–Kier alpha value is -1.35. The van der Waals surface area contributed by atoms with E-state index < -0.39 is 5.41 Å². The summed E-state index contributed by atoms with van der Waals surface area (Å²) < 4.78 is 0. The Morgan fingerprint density at radius 1 is 1.27 bits per heavy atom. The average Bonchev–Trinajstić information content (AvgIpc) is 2.42. The highest BCUT2D eigenvalue weighted by Crippen LogP contribution is 2.32. The molecule has 0 spiro atoms. The fraction of sp³-hybridized carbons (Fsp3) is 0.273. The molecule has 0 aliphatic carbocycles. The van der Waals surface area contributed by atoms with E-state index in [2.05, 4.69) is 5.32 Å². The molecule has 3 nitrogen and oxygen atoms in total. The van der Waals surface area contributed by atoms with Crippen LogP contribution in [0.25, 0.3) is 0 Å². The van der Waals surface area contributed by atoms with Gasteiger partial charge in [-0.2, -0.15) is 0 Å². The number of hydrogen-bond acceptors (Lipinski definition) is 2. The van der Waals surface area contributed by atoms with E-state index in [4.69, 9.17) is 11.6 Å². The fourth-order valence-electron chi connectivity index (χ4n) is 1.76. The van der Waals surface area contributed by atoms with Crippen LogP contribution in [0.2, 0.25) is 5.02 Å². The second-order valence-corrected chi connectivity index (χ2v) is 4.33. The number of hydrogen-bond donors (Lipinski definition) is 1. The largest absolute Gasteiger partial charge is 0.296 e. The van der Waals surface area contributed by atoms with E-state index in [1.165, 1.54) is 0 Å². The number of carbonyl (C=O) groups excluding carboxylic acids is 2. The van der Waals surface area contributed by atoms with Crippen molar-refractivity contribution in [2.75, 3.05) is 0 Å². The Balaban J connectivity index is 2.41. The fourth-order valence-corrected chi connectivity index (χ4v) is 1.89. The number of halogens is 1. The summed E-state index contributed by atoms with van der Waals surface area (Å²) >= 11 is 5.76. The highest BCUT2D eigenvalue weighted by Gasteiger charge is 2.43. The van der Waals surface area contributed by atoms with Crippen LogP contribution in [-0.4, -0.2) is 11.8 Å². The molecule has 1 fully saturated rings. The van der Waals surface area contributed by atoms with Crippen LogP contribution >= 0.6 is 11.6 Å². The molecular formula is C11H10ClNO2. The number of carbonyl (C=O) groups is 2. The van der Waals surface area contributed by atoms with Crippen LogP contribution in [0.15, 0.2) is 24.3 Å². The summed E-state index contributed by atoms with van der Waals surface area (Å²) in [7, 11) is 0. The standard InChI is InChI=1S/C11H10ClNO2/c1-11(6-9(14)13-10(11)15)7-2-4-8(12)5-3-7/h2-5H,6H2,1H3,(H,13,14,15)/t11-/m1/s1. The van der Waals surface area contributed by atoms with Gasteiger partial charge in [0, 0.05) is 11.4 Å². The molecular weight excluding hydrogens is 214 g/mol. The zero-order valence-electron chi connectivity index (χ0n) is 8.21. The molecule has 1 aromatic carbocycles. The summed E-state index contributed by atoms with van der Waals surface area (Å²) in [5, 5.41) is 2.93. The Labute approximate surface area is 92.4 Å². The molecule has 15 heavy (non-hydrogen) atoms. The van der Waals surface area contributed by atoms with Gasteiger partial charge in [-0.15, -0.1) is 0 Å². The van der Waals surface area contributed by atoms with Crippen molar-refractivity contribution < 1.29 is 9.59 Å². The maximum atomic E-state index is 11.6. The van der Waals surface area contributed by atoms with Crippen LogP contribution in [0.1, 0.15) is 18.9 Å². The number of imide groups is 1. The van der Waals surface area contributed by atoms with Gasteiger partial charge in [0.25, 0.3) is 0 Å². The van der Waals surface area contributed by atoms with Gasteiger partial charge in [0.15, 0.2) is 0 Å². The molecule has 1 aromatic rings. The second kappa shape index (κ2) is 3.35. The summed E-state index contributed by atoms with van der Waals surface area (Å²) in [5.74, 6) is -0.465. The molecule has 4 heteroatoms. The van der Waals surface area contributed by atoms with Gasteiger partial charge in [0.2, 0.25) is 11.8 Å². The molecule has 0 saturated carbocycles. The minimum Gasteiger partial charge on any atom is -0.296 e. The van der Waals surface area contributed by atoms with Crippen molar-refractivity contribution in [2.24, 2.45) is 0 Å². The Morgan fingerprint density at radius 2 is 1.87 bits per heavy atom. The molecule has 1 aliphatic heterocycles. The predicted molar refractivity (Wildman–Crippen MR) is 56.6 cm³/mol. The van der Waals surface area contributed by atoms with E-state index >= 15 is 0 Å². The lowest BCUT2D eigenvalue weighted by Gasteiger charge is -2.19. The molecule has 1 heterocycles. The quantitative estimate of drug-likeness (QED) is 0.736. The van der Waals surface area contributed by atoms with E-state index in [0.29, 0.717) is 5.02 Å². The molecule has 1 aliphatic rings. The molecule has 1 N–H and O–H groups in total. The lowest BCUT2D eigenvalue weighted by molar-refractivity contribution is -0.126. The molecule has 1 atom stereocenters. The van der Waals surface area contributed by atoms with Crippen molar-refractivity contribution in [3.05, 3.63) is 34.9 Å². The topological polar surface area (TPSA) is 46.2 Å². The van der Waals surface area contributed by atoms with Crippen molar-refractivity contribution in [3.8, 4) is 0 Å². The van der Waals surface area contributed by atoms with Crippen LogP contribution in [-0.2, 0) is 15.0 Å². The van der Waals surface area contributed by atoms with Crippen LogP contribution in [0.3, 0.4) is 0 Å². The molecule has 2 rings (SSSR count). The van der Waals surface area contributed by atoms with Gasteiger partial charge in [0.1, 0.15) is 0 Å². The maximum Gasteiger partial charge on any atom is 0.237 e. The van der Waals surface area contributed by atoms with Gasteiger partial charge in [-0.25, -0.2) is 0 Å². The highest BCUT2D eigenvalue weighted by molar-refractivity contribution is 6.30. The van der Waals surface area contributed by atoms with Crippen molar-refractivity contribution in [2.45, 2.75) is 18.8 Å². The Bertz CT molecular complexity index is 427. The third-order valence-corrected chi connectivity index (χ3v) is 3.00. The van der Waals surface area contributed by atoms with Crippen molar-refractivity contribution in [1.82, 2.24) is 5.32 Å². The van der Waals surface area contributed by atoms with Gasteiger partial charge in [-0.3, -0.25) is 14.9 Å². The van der Waals surface area contributed by atoms with Crippen LogP contribution < -0.4 is 5.32 Å². The number of nitrogens with one attached hydrogen (secondary N) is 1. The first-order valence-corrected chi connectivity index (χ1v) is 5.00. The smallest absolute Gasteiger partial charge is 0.237 e. The monoisotopic (exact) mass is 223 g/mol. The van der Waals surface area contributed by atoms with E-state index in [1.807, 2.05) is 0 Å². The Kier molecular flexibility index (Phi) is 2.27. The number of benzene rings is 1. The summed E-state index contributed by atoms with van der Waals surface area (Å²) in [6.07, 6.45) is 0.202. The lowest BCUT2D eigenvalue weighted by atomic mass is 9.81. The van der Waals surface area contributed by atoms with E-state index in [-0.39, 0.29) is 18.2 Å². The molecule has 0 bridgehead atoms. The van der Waals surface area contributed by atoms with Gasteiger partial charge in [-0.05, 0) is 24.6 Å². The third-order valence-electron chi connectivity index (χ3n) is 2.75. The first-order chi connectivity index (χ1) is 7.02. The second-order valence-electron chi connectivity index (χ2n) is 3.89. The minimum absolute atomic E-state index is 0.202. The van der Waals surface area contributed by atoms with Gasteiger partial charge in [0.05, 0.1) is 5.41 Å². The van der Waals surface area contributed by atoms with Gasteiger partial charge in [-0.1, -0.05) is 23.7 Å². The van der Waals surface area contributed by atoms with E-state index in [1.54, 1.807) is 31.2 Å². The SMILES string of the molecule is C[C@]1(c2ccc(Cl)cc2)CC(=O)NC1=O. The maximum absolute atomic E-state index is 11.6. The normalized spacial score (nSPS) is 25.5.